The highest BCUT2D eigenvalue weighted by molar-refractivity contribution is 9.10. The molecular weight excluding hydrogens is 358 g/mol. The monoisotopic (exact) mass is 373 g/mol. The van der Waals surface area contributed by atoms with Crippen molar-refractivity contribution in [3.8, 4) is 11.5 Å². The van der Waals surface area contributed by atoms with E-state index in [-0.39, 0.29) is 18.7 Å². The zero-order valence-electron chi connectivity index (χ0n) is 12.6. The second-order valence-corrected chi connectivity index (χ2v) is 6.05. The van der Waals surface area contributed by atoms with Crippen LogP contribution in [0.25, 0.3) is 6.08 Å². The number of ether oxygens (including phenoxy) is 2. The molecule has 5 heteroatoms. The molecule has 1 atom stereocenters. The van der Waals surface area contributed by atoms with E-state index in [9.17, 15) is 4.79 Å². The zero-order chi connectivity index (χ0) is 16.2. The maximum absolute atomic E-state index is 12.1. The van der Waals surface area contributed by atoms with Crippen LogP contribution in [0.5, 0.6) is 11.5 Å². The summed E-state index contributed by atoms with van der Waals surface area (Å²) in [5.41, 5.74) is 1.93. The lowest BCUT2D eigenvalue weighted by Crippen LogP contribution is -2.24. The Kier molecular flexibility index (Phi) is 4.67. The minimum atomic E-state index is -0.147. The van der Waals surface area contributed by atoms with Crippen LogP contribution in [0.3, 0.4) is 0 Å². The molecule has 0 unspecified atom stereocenters. The Bertz CT molecular complexity index is 758. The van der Waals surface area contributed by atoms with Crippen LogP contribution in [-0.4, -0.2) is 12.7 Å². The number of carbonyl (C=O) groups excluding carboxylic acids is 1. The SMILES string of the molecule is C[C@H](NC(=O)/C=C/c1ccc2c(c1)OCO2)c1ccccc1Br. The van der Waals surface area contributed by atoms with Gasteiger partial charge < -0.3 is 14.8 Å². The Balaban J connectivity index is 1.64. The average molecular weight is 374 g/mol. The van der Waals surface area contributed by atoms with E-state index in [1.165, 1.54) is 6.08 Å². The fourth-order valence-electron chi connectivity index (χ4n) is 2.35. The average Bonchev–Trinajstić information content (AvgIpc) is 3.01. The maximum atomic E-state index is 12.1. The molecule has 1 N–H and O–H groups in total. The smallest absolute Gasteiger partial charge is 0.244 e. The van der Waals surface area contributed by atoms with Crippen LogP contribution in [0, 0.1) is 0 Å². The highest BCUT2D eigenvalue weighted by atomic mass is 79.9. The van der Waals surface area contributed by atoms with Crippen molar-refractivity contribution in [2.24, 2.45) is 0 Å². The lowest BCUT2D eigenvalue weighted by atomic mass is 10.1. The van der Waals surface area contributed by atoms with Crippen molar-refractivity contribution in [3.05, 3.63) is 64.1 Å². The second kappa shape index (κ2) is 6.87. The van der Waals surface area contributed by atoms with Gasteiger partial charge in [0.05, 0.1) is 6.04 Å². The number of rotatable bonds is 4. The van der Waals surface area contributed by atoms with Crippen LogP contribution in [0.4, 0.5) is 0 Å². The van der Waals surface area contributed by atoms with Gasteiger partial charge in [-0.05, 0) is 42.3 Å². The van der Waals surface area contributed by atoms with E-state index in [4.69, 9.17) is 9.47 Å². The molecule has 0 aliphatic carbocycles. The molecule has 0 spiro atoms. The summed E-state index contributed by atoms with van der Waals surface area (Å²) in [5, 5.41) is 2.95. The van der Waals surface area contributed by atoms with Crippen LogP contribution in [0.15, 0.2) is 53.0 Å². The quantitative estimate of drug-likeness (QED) is 0.821. The molecule has 0 fully saturated rings. The molecule has 2 aromatic carbocycles. The summed E-state index contributed by atoms with van der Waals surface area (Å²) in [6.07, 6.45) is 3.27. The minimum absolute atomic E-state index is 0.0838. The molecule has 4 nitrogen and oxygen atoms in total. The third-order valence-corrected chi connectivity index (χ3v) is 4.28. The highest BCUT2D eigenvalue weighted by Gasteiger charge is 2.13. The molecule has 0 saturated heterocycles. The molecule has 0 radical (unpaired) electrons. The number of hydrogen-bond acceptors (Lipinski definition) is 3. The van der Waals surface area contributed by atoms with Crippen molar-refractivity contribution in [1.82, 2.24) is 5.32 Å². The van der Waals surface area contributed by atoms with Gasteiger partial charge in [-0.25, -0.2) is 0 Å². The first-order valence-corrected chi connectivity index (χ1v) is 8.05. The molecule has 3 rings (SSSR count). The van der Waals surface area contributed by atoms with Crippen LogP contribution >= 0.6 is 15.9 Å². The van der Waals surface area contributed by atoms with Gasteiger partial charge in [0.15, 0.2) is 11.5 Å². The predicted molar refractivity (Wildman–Crippen MR) is 92.3 cm³/mol. The van der Waals surface area contributed by atoms with Gasteiger partial charge in [0.25, 0.3) is 0 Å². The first-order chi connectivity index (χ1) is 11.1. The number of halogens is 1. The fraction of sp³-hybridized carbons (Fsp3) is 0.167. The summed E-state index contributed by atoms with van der Waals surface area (Å²) in [6, 6.07) is 13.3. The lowest BCUT2D eigenvalue weighted by Gasteiger charge is -2.14. The third-order valence-electron chi connectivity index (χ3n) is 3.55. The summed E-state index contributed by atoms with van der Waals surface area (Å²) in [5.74, 6) is 1.29. The van der Waals surface area contributed by atoms with Gasteiger partial charge in [0, 0.05) is 10.5 Å². The van der Waals surface area contributed by atoms with Crippen LogP contribution in [-0.2, 0) is 4.79 Å². The van der Waals surface area contributed by atoms with E-state index >= 15 is 0 Å². The Morgan fingerprint density at radius 3 is 2.83 bits per heavy atom. The van der Waals surface area contributed by atoms with Crippen molar-refractivity contribution in [2.45, 2.75) is 13.0 Å². The van der Waals surface area contributed by atoms with E-state index in [2.05, 4.69) is 21.2 Å². The number of fused-ring (bicyclic) bond motifs is 1. The first-order valence-electron chi connectivity index (χ1n) is 7.26. The van der Waals surface area contributed by atoms with Crippen molar-refractivity contribution in [3.63, 3.8) is 0 Å². The normalized spacial score (nSPS) is 14.0. The molecule has 0 aromatic heterocycles. The van der Waals surface area contributed by atoms with Crippen LogP contribution in [0.1, 0.15) is 24.1 Å². The summed E-state index contributed by atoms with van der Waals surface area (Å²) in [7, 11) is 0. The van der Waals surface area contributed by atoms with E-state index in [0.717, 1.165) is 21.3 Å². The van der Waals surface area contributed by atoms with Crippen molar-refractivity contribution < 1.29 is 14.3 Å². The largest absolute Gasteiger partial charge is 0.454 e. The van der Waals surface area contributed by atoms with Crippen LogP contribution in [0.2, 0.25) is 0 Å². The molecule has 2 aromatic rings. The molecule has 0 saturated carbocycles. The summed E-state index contributed by atoms with van der Waals surface area (Å²) in [6.45, 7) is 2.19. The highest BCUT2D eigenvalue weighted by Crippen LogP contribution is 2.32. The van der Waals surface area contributed by atoms with E-state index in [1.54, 1.807) is 6.08 Å². The number of hydrogen-bond donors (Lipinski definition) is 1. The Morgan fingerprint density at radius 1 is 1.22 bits per heavy atom. The number of nitrogens with one attached hydrogen (secondary N) is 1. The van der Waals surface area contributed by atoms with Crippen molar-refractivity contribution in [1.29, 1.82) is 0 Å². The summed E-state index contributed by atoms with van der Waals surface area (Å²) < 4.78 is 11.6. The number of carbonyl (C=O) groups is 1. The fourth-order valence-corrected chi connectivity index (χ4v) is 2.98. The predicted octanol–water partition coefficient (Wildman–Crippen LogP) is 4.07. The lowest BCUT2D eigenvalue weighted by molar-refractivity contribution is -0.117. The van der Waals surface area contributed by atoms with Gasteiger partial charge in [-0.2, -0.15) is 0 Å². The molecule has 1 heterocycles. The molecule has 1 aliphatic heterocycles. The van der Waals surface area contributed by atoms with Gasteiger partial charge >= 0.3 is 0 Å². The molecule has 0 bridgehead atoms. The molecule has 1 aliphatic rings. The Morgan fingerprint density at radius 2 is 2.00 bits per heavy atom. The topological polar surface area (TPSA) is 47.6 Å². The molecule has 1 amide bonds. The molecular formula is C18H16BrNO3. The standard InChI is InChI=1S/C18H16BrNO3/c1-12(14-4-2-3-5-15(14)19)20-18(21)9-7-13-6-8-16-17(10-13)23-11-22-16/h2-10,12H,11H2,1H3,(H,20,21)/b9-7+/t12-/m0/s1. The minimum Gasteiger partial charge on any atom is -0.454 e. The van der Waals surface area contributed by atoms with Gasteiger partial charge in [-0.1, -0.05) is 40.2 Å². The van der Waals surface area contributed by atoms with E-state index < -0.39 is 0 Å². The maximum Gasteiger partial charge on any atom is 0.244 e. The summed E-state index contributed by atoms with van der Waals surface area (Å²) in [4.78, 5) is 12.1. The molecule has 23 heavy (non-hydrogen) atoms. The van der Waals surface area contributed by atoms with Crippen LogP contribution < -0.4 is 14.8 Å². The van der Waals surface area contributed by atoms with Gasteiger partial charge in [-0.3, -0.25) is 4.79 Å². The van der Waals surface area contributed by atoms with E-state index in [1.807, 2.05) is 49.4 Å². The van der Waals surface area contributed by atoms with Crippen molar-refractivity contribution >= 4 is 27.9 Å². The van der Waals surface area contributed by atoms with E-state index in [0.29, 0.717) is 5.75 Å². The number of benzene rings is 2. The molecule has 118 valence electrons. The van der Waals surface area contributed by atoms with Gasteiger partial charge in [-0.15, -0.1) is 0 Å². The summed E-state index contributed by atoms with van der Waals surface area (Å²) >= 11 is 3.50. The van der Waals surface area contributed by atoms with Gasteiger partial charge in [0.1, 0.15) is 0 Å². The zero-order valence-corrected chi connectivity index (χ0v) is 14.2. The van der Waals surface area contributed by atoms with Crippen molar-refractivity contribution in [2.75, 3.05) is 6.79 Å². The Labute approximate surface area is 143 Å². The van der Waals surface area contributed by atoms with Gasteiger partial charge in [0.2, 0.25) is 12.7 Å². The second-order valence-electron chi connectivity index (χ2n) is 5.20. The number of amides is 1. The Hall–Kier alpha value is -2.27. The first kappa shape index (κ1) is 15.6. The third kappa shape index (κ3) is 3.74.